The van der Waals surface area contributed by atoms with Gasteiger partial charge < -0.3 is 10.4 Å². The van der Waals surface area contributed by atoms with Crippen LogP contribution in [-0.2, 0) is 0 Å². The second-order valence-corrected chi connectivity index (χ2v) is 4.80. The lowest BCUT2D eigenvalue weighted by Crippen LogP contribution is -2.01. The minimum absolute atomic E-state index is 0.384. The molecule has 2 N–H and O–H groups in total. The lowest BCUT2D eigenvalue weighted by atomic mass is 10.1. The normalized spacial score (nSPS) is 10.3. The van der Waals surface area contributed by atoms with Gasteiger partial charge in [0.25, 0.3) is 0 Å². The van der Waals surface area contributed by atoms with Crippen molar-refractivity contribution in [3.05, 3.63) is 71.5 Å². The Bertz CT molecular complexity index is 964. The topological polar surface area (TPSA) is 66.6 Å². The Morgan fingerprint density at radius 3 is 2.74 bits per heavy atom. The number of hydrogen-bond donors (Lipinski definition) is 2. The Labute approximate surface area is 130 Å². The Kier molecular flexibility index (Phi) is 3.61. The quantitative estimate of drug-likeness (QED) is 0.705. The predicted octanol–water partition coefficient (Wildman–Crippen LogP) is 4.37. The molecule has 1 heterocycles. The van der Waals surface area contributed by atoms with Gasteiger partial charge in [0.15, 0.2) is 5.69 Å². The summed E-state index contributed by atoms with van der Waals surface area (Å²) in [6, 6.07) is 10.6. The van der Waals surface area contributed by atoms with Crippen LogP contribution in [0.1, 0.15) is 10.4 Å². The first kappa shape index (κ1) is 14.5. The molecule has 0 aliphatic rings. The second-order valence-electron chi connectivity index (χ2n) is 4.80. The molecule has 0 unspecified atom stereocenters. The number of benzene rings is 2. The molecule has 23 heavy (non-hydrogen) atoms. The number of nitrogens with zero attached hydrogens (tertiary/aromatic N) is 2. The molecule has 6 heteroatoms. The van der Waals surface area contributed by atoms with Crippen LogP contribution < -0.4 is 5.32 Å². The first-order chi connectivity index (χ1) is 11.1. The van der Waals surface area contributed by atoms with Crippen molar-refractivity contribution in [1.82, 2.24) is 4.98 Å². The summed E-state index contributed by atoms with van der Waals surface area (Å²) >= 11 is 0. The van der Waals surface area contributed by atoms with Crippen LogP contribution in [-0.4, -0.2) is 16.1 Å². The summed E-state index contributed by atoms with van der Waals surface area (Å²) in [5.74, 6) is -2.13. The van der Waals surface area contributed by atoms with Gasteiger partial charge in [0, 0.05) is 23.0 Å². The average molecular weight is 307 g/mol. The summed E-state index contributed by atoms with van der Waals surface area (Å²) in [6.45, 7) is 7.08. The van der Waals surface area contributed by atoms with Crippen LogP contribution in [0.5, 0.6) is 0 Å². The van der Waals surface area contributed by atoms with Crippen molar-refractivity contribution in [1.29, 1.82) is 0 Å². The number of pyridine rings is 1. The molecule has 2 aromatic carbocycles. The first-order valence-corrected chi connectivity index (χ1v) is 6.64. The monoisotopic (exact) mass is 307 g/mol. The van der Waals surface area contributed by atoms with Gasteiger partial charge in [-0.05, 0) is 36.4 Å². The minimum atomic E-state index is -1.31. The van der Waals surface area contributed by atoms with Crippen molar-refractivity contribution in [2.75, 3.05) is 5.32 Å². The second kappa shape index (κ2) is 5.73. The molecule has 3 rings (SSSR count). The molecule has 0 bridgehead atoms. The van der Waals surface area contributed by atoms with Crippen LogP contribution in [0.2, 0.25) is 0 Å². The Hall–Kier alpha value is -3.46. The van der Waals surface area contributed by atoms with E-state index in [9.17, 15) is 9.18 Å². The maximum absolute atomic E-state index is 13.8. The number of anilines is 2. The lowest BCUT2D eigenvalue weighted by molar-refractivity contribution is 0.0692. The van der Waals surface area contributed by atoms with Crippen molar-refractivity contribution >= 4 is 33.9 Å². The zero-order valence-electron chi connectivity index (χ0n) is 11.7. The SMILES string of the molecule is [C-]#[N+]c1ccc2nccc(Nc3ccc(C(=O)O)c(F)c3)c2c1. The summed E-state index contributed by atoms with van der Waals surface area (Å²) in [7, 11) is 0. The zero-order chi connectivity index (χ0) is 16.4. The van der Waals surface area contributed by atoms with Crippen molar-refractivity contribution in [3.8, 4) is 0 Å². The average Bonchev–Trinajstić information content (AvgIpc) is 2.54. The predicted molar refractivity (Wildman–Crippen MR) is 84.6 cm³/mol. The van der Waals surface area contributed by atoms with Gasteiger partial charge in [-0.25, -0.2) is 14.0 Å². The molecule has 0 amide bonds. The number of aromatic nitrogens is 1. The largest absolute Gasteiger partial charge is 0.478 e. The van der Waals surface area contributed by atoms with Crippen molar-refractivity contribution < 1.29 is 14.3 Å². The van der Waals surface area contributed by atoms with Gasteiger partial charge in [-0.15, -0.1) is 0 Å². The van der Waals surface area contributed by atoms with Gasteiger partial charge in [0.2, 0.25) is 0 Å². The molecule has 112 valence electrons. The van der Waals surface area contributed by atoms with E-state index in [2.05, 4.69) is 15.1 Å². The van der Waals surface area contributed by atoms with E-state index in [0.717, 1.165) is 11.5 Å². The number of carboxylic acids is 1. The third kappa shape index (κ3) is 2.80. The smallest absolute Gasteiger partial charge is 0.338 e. The first-order valence-electron chi connectivity index (χ1n) is 6.64. The Balaban J connectivity index is 2.03. The van der Waals surface area contributed by atoms with Crippen molar-refractivity contribution in [2.24, 2.45) is 0 Å². The van der Waals surface area contributed by atoms with Gasteiger partial charge in [-0.3, -0.25) is 4.98 Å². The Morgan fingerprint density at radius 2 is 2.04 bits per heavy atom. The van der Waals surface area contributed by atoms with Crippen molar-refractivity contribution in [2.45, 2.75) is 0 Å². The van der Waals surface area contributed by atoms with Crippen LogP contribution in [0.25, 0.3) is 15.7 Å². The maximum atomic E-state index is 13.8. The summed E-state index contributed by atoms with van der Waals surface area (Å²) < 4.78 is 13.8. The molecular formula is C17H10FN3O2. The highest BCUT2D eigenvalue weighted by molar-refractivity contribution is 5.95. The molecule has 1 aromatic heterocycles. The van der Waals surface area contributed by atoms with Gasteiger partial charge >= 0.3 is 5.97 Å². The number of rotatable bonds is 3. The molecule has 0 fully saturated rings. The van der Waals surface area contributed by atoms with Gasteiger partial charge in [0.05, 0.1) is 17.7 Å². The molecule has 0 spiro atoms. The van der Waals surface area contributed by atoms with Gasteiger partial charge in [-0.1, -0.05) is 6.07 Å². The fraction of sp³-hybridized carbons (Fsp3) is 0. The van der Waals surface area contributed by atoms with E-state index in [4.69, 9.17) is 11.7 Å². The zero-order valence-corrected chi connectivity index (χ0v) is 11.7. The highest BCUT2D eigenvalue weighted by atomic mass is 19.1. The molecule has 0 saturated carbocycles. The summed E-state index contributed by atoms with van der Waals surface area (Å²) in [5, 5.41) is 12.6. The van der Waals surface area contributed by atoms with E-state index in [1.54, 1.807) is 30.5 Å². The molecule has 5 nitrogen and oxygen atoms in total. The number of nitrogens with one attached hydrogen (secondary N) is 1. The fourth-order valence-corrected chi connectivity index (χ4v) is 2.23. The van der Waals surface area contributed by atoms with E-state index in [1.807, 2.05) is 0 Å². The molecule has 0 aliphatic heterocycles. The van der Waals surface area contributed by atoms with E-state index >= 15 is 0 Å². The molecule has 0 saturated heterocycles. The van der Waals surface area contributed by atoms with Gasteiger partial charge in [-0.2, -0.15) is 0 Å². The van der Waals surface area contributed by atoms with Crippen molar-refractivity contribution in [3.63, 3.8) is 0 Å². The number of fused-ring (bicyclic) bond motifs is 1. The number of carbonyl (C=O) groups is 1. The number of hydrogen-bond acceptors (Lipinski definition) is 3. The number of carboxylic acid groups (broad SMARTS) is 1. The Morgan fingerprint density at radius 1 is 1.22 bits per heavy atom. The van der Waals surface area contributed by atoms with E-state index in [-0.39, 0.29) is 5.56 Å². The minimum Gasteiger partial charge on any atom is -0.478 e. The maximum Gasteiger partial charge on any atom is 0.338 e. The molecule has 0 atom stereocenters. The molecule has 3 aromatic rings. The third-order valence-electron chi connectivity index (χ3n) is 3.33. The molecular weight excluding hydrogens is 297 g/mol. The molecule has 0 aliphatic carbocycles. The fourth-order valence-electron chi connectivity index (χ4n) is 2.23. The van der Waals surface area contributed by atoms with E-state index < -0.39 is 11.8 Å². The lowest BCUT2D eigenvalue weighted by Gasteiger charge is -2.10. The van der Waals surface area contributed by atoms with E-state index in [1.165, 1.54) is 12.1 Å². The van der Waals surface area contributed by atoms with Crippen LogP contribution in [0.4, 0.5) is 21.5 Å². The summed E-state index contributed by atoms with van der Waals surface area (Å²) in [4.78, 5) is 18.4. The summed E-state index contributed by atoms with van der Waals surface area (Å²) in [5.41, 5.74) is 1.85. The van der Waals surface area contributed by atoms with Crippen LogP contribution in [0, 0.1) is 12.4 Å². The van der Waals surface area contributed by atoms with Crippen LogP contribution >= 0.6 is 0 Å². The number of halogens is 1. The van der Waals surface area contributed by atoms with Crippen LogP contribution in [0.15, 0.2) is 48.7 Å². The van der Waals surface area contributed by atoms with Crippen LogP contribution in [0.3, 0.4) is 0 Å². The summed E-state index contributed by atoms with van der Waals surface area (Å²) in [6.07, 6.45) is 1.60. The third-order valence-corrected chi connectivity index (χ3v) is 3.33. The molecule has 0 radical (unpaired) electrons. The highest BCUT2D eigenvalue weighted by Crippen LogP contribution is 2.29. The standard InChI is InChI=1S/C17H10FN3O2/c1-19-10-3-5-15-13(8-10)16(6-7-20-15)21-11-2-4-12(17(22)23)14(18)9-11/h2-9H,(H,20,21)(H,22,23). The van der Waals surface area contributed by atoms with E-state index in [0.29, 0.717) is 22.6 Å². The van der Waals surface area contributed by atoms with Gasteiger partial charge in [0.1, 0.15) is 5.82 Å². The number of aromatic carboxylic acids is 1. The highest BCUT2D eigenvalue weighted by Gasteiger charge is 2.11.